The third-order valence-corrected chi connectivity index (χ3v) is 2.10. The Labute approximate surface area is 70.9 Å². The van der Waals surface area contributed by atoms with Gasteiger partial charge in [-0.15, -0.1) is 0 Å². The van der Waals surface area contributed by atoms with Crippen molar-refractivity contribution < 1.29 is 0 Å². The van der Waals surface area contributed by atoms with E-state index in [2.05, 4.69) is 39.9 Å². The molecule has 0 saturated carbocycles. The quantitative estimate of drug-likeness (QED) is 0.658. The summed E-state index contributed by atoms with van der Waals surface area (Å²) in [5.74, 6) is 0.666. The highest BCUT2D eigenvalue weighted by atomic mass is 14.9. The maximum absolute atomic E-state index is 3.39. The molecule has 66 valence electrons. The van der Waals surface area contributed by atoms with E-state index >= 15 is 0 Å². The summed E-state index contributed by atoms with van der Waals surface area (Å²) in [5.41, 5.74) is 2.82. The van der Waals surface area contributed by atoms with Gasteiger partial charge in [0.2, 0.25) is 0 Å². The molecule has 0 aromatic rings. The highest BCUT2D eigenvalue weighted by molar-refractivity contribution is 5.09. The smallest absolute Gasteiger partial charge is 0.0141 e. The van der Waals surface area contributed by atoms with Crippen molar-refractivity contribution in [3.05, 3.63) is 11.3 Å². The normalized spacial score (nSPS) is 13.3. The minimum absolute atomic E-state index is 0.666. The number of allylic oxidation sites excluding steroid dienone is 2. The van der Waals surface area contributed by atoms with Crippen molar-refractivity contribution in [3.63, 3.8) is 0 Å². The zero-order chi connectivity index (χ0) is 8.85. The number of nitrogens with one attached hydrogen (secondary N) is 1. The van der Waals surface area contributed by atoms with Crippen molar-refractivity contribution in [1.29, 1.82) is 0 Å². The molecule has 0 rings (SSSR count). The van der Waals surface area contributed by atoms with Crippen LogP contribution in [0.2, 0.25) is 0 Å². The lowest BCUT2D eigenvalue weighted by Crippen LogP contribution is -2.14. The molecule has 0 heterocycles. The van der Waals surface area contributed by atoms with Crippen molar-refractivity contribution in [2.24, 2.45) is 5.92 Å². The van der Waals surface area contributed by atoms with E-state index in [1.807, 2.05) is 0 Å². The van der Waals surface area contributed by atoms with Gasteiger partial charge >= 0.3 is 0 Å². The van der Waals surface area contributed by atoms with E-state index in [0.717, 1.165) is 6.54 Å². The Balaban J connectivity index is 3.94. The van der Waals surface area contributed by atoms with Crippen LogP contribution >= 0.6 is 0 Å². The van der Waals surface area contributed by atoms with Gasteiger partial charge in [0.1, 0.15) is 0 Å². The lowest BCUT2D eigenvalue weighted by Gasteiger charge is -2.12. The molecule has 0 bridgehead atoms. The fourth-order valence-electron chi connectivity index (χ4n) is 0.885. The van der Waals surface area contributed by atoms with E-state index < -0.39 is 0 Å². The number of hydrogen-bond donors (Lipinski definition) is 1. The average molecular weight is 155 g/mol. The van der Waals surface area contributed by atoms with Gasteiger partial charge in [-0.1, -0.05) is 26.3 Å². The molecule has 0 unspecified atom stereocenters. The van der Waals surface area contributed by atoms with Gasteiger partial charge in [-0.2, -0.15) is 0 Å². The number of rotatable bonds is 4. The van der Waals surface area contributed by atoms with Crippen LogP contribution in [-0.4, -0.2) is 6.54 Å². The van der Waals surface area contributed by atoms with Gasteiger partial charge in [0, 0.05) is 12.2 Å². The standard InChI is InChI=1S/C10H21N/c1-6-7-11-10(5)9(4)8(2)3/h8,11H,6-7H2,1-5H3/b10-9-. The van der Waals surface area contributed by atoms with Crippen LogP contribution < -0.4 is 5.32 Å². The van der Waals surface area contributed by atoms with Crippen LogP contribution in [0.1, 0.15) is 41.0 Å². The van der Waals surface area contributed by atoms with Crippen molar-refractivity contribution in [2.45, 2.75) is 41.0 Å². The maximum Gasteiger partial charge on any atom is 0.0141 e. The van der Waals surface area contributed by atoms with Gasteiger partial charge in [-0.25, -0.2) is 0 Å². The maximum atomic E-state index is 3.39. The molecule has 1 heteroatoms. The van der Waals surface area contributed by atoms with Gasteiger partial charge in [-0.05, 0) is 26.2 Å². The monoisotopic (exact) mass is 155 g/mol. The highest BCUT2D eigenvalue weighted by Gasteiger charge is 1.99. The van der Waals surface area contributed by atoms with E-state index in [-0.39, 0.29) is 0 Å². The molecule has 1 nitrogen and oxygen atoms in total. The average Bonchev–Trinajstić information content (AvgIpc) is 1.98. The summed E-state index contributed by atoms with van der Waals surface area (Å²) >= 11 is 0. The van der Waals surface area contributed by atoms with Gasteiger partial charge < -0.3 is 5.32 Å². The van der Waals surface area contributed by atoms with Crippen molar-refractivity contribution in [1.82, 2.24) is 5.32 Å². The molecule has 0 spiro atoms. The van der Waals surface area contributed by atoms with Gasteiger partial charge in [-0.3, -0.25) is 0 Å². The molecule has 0 aliphatic carbocycles. The summed E-state index contributed by atoms with van der Waals surface area (Å²) in [6.07, 6.45) is 1.20. The largest absolute Gasteiger partial charge is 0.389 e. The Kier molecular flexibility index (Phi) is 5.01. The fraction of sp³-hybridized carbons (Fsp3) is 0.800. The van der Waals surface area contributed by atoms with Crippen LogP contribution in [0.5, 0.6) is 0 Å². The molecule has 0 amide bonds. The first-order chi connectivity index (χ1) is 5.09. The van der Waals surface area contributed by atoms with Crippen molar-refractivity contribution >= 4 is 0 Å². The van der Waals surface area contributed by atoms with Gasteiger partial charge in [0.25, 0.3) is 0 Å². The Morgan fingerprint density at radius 3 is 2.18 bits per heavy atom. The molecule has 0 aliphatic heterocycles. The van der Waals surface area contributed by atoms with Crippen molar-refractivity contribution in [3.8, 4) is 0 Å². The molecule has 0 fully saturated rings. The van der Waals surface area contributed by atoms with Crippen LogP contribution in [0.15, 0.2) is 11.3 Å². The molecule has 0 atom stereocenters. The summed E-state index contributed by atoms with van der Waals surface area (Å²) in [6, 6.07) is 0. The summed E-state index contributed by atoms with van der Waals surface area (Å²) in [6.45, 7) is 12.1. The van der Waals surface area contributed by atoms with Crippen molar-refractivity contribution in [2.75, 3.05) is 6.54 Å². The van der Waals surface area contributed by atoms with E-state index in [1.165, 1.54) is 17.7 Å². The van der Waals surface area contributed by atoms with E-state index in [4.69, 9.17) is 0 Å². The van der Waals surface area contributed by atoms with E-state index in [0.29, 0.717) is 5.92 Å². The Morgan fingerprint density at radius 1 is 1.27 bits per heavy atom. The second kappa shape index (κ2) is 5.22. The zero-order valence-corrected chi connectivity index (χ0v) is 8.49. The zero-order valence-electron chi connectivity index (χ0n) is 8.49. The molecule has 0 aromatic carbocycles. The summed E-state index contributed by atoms with van der Waals surface area (Å²) in [4.78, 5) is 0. The predicted octanol–water partition coefficient (Wildman–Crippen LogP) is 2.94. The minimum Gasteiger partial charge on any atom is -0.389 e. The molecular weight excluding hydrogens is 134 g/mol. The van der Waals surface area contributed by atoms with Crippen LogP contribution in [0, 0.1) is 5.92 Å². The molecule has 11 heavy (non-hydrogen) atoms. The second-order valence-corrected chi connectivity index (χ2v) is 3.39. The van der Waals surface area contributed by atoms with Gasteiger partial charge in [0.15, 0.2) is 0 Å². The van der Waals surface area contributed by atoms with E-state index in [1.54, 1.807) is 0 Å². The van der Waals surface area contributed by atoms with Crippen LogP contribution in [0.25, 0.3) is 0 Å². The minimum atomic E-state index is 0.666. The highest BCUT2D eigenvalue weighted by Crippen LogP contribution is 2.11. The summed E-state index contributed by atoms with van der Waals surface area (Å²) in [7, 11) is 0. The van der Waals surface area contributed by atoms with Gasteiger partial charge in [0.05, 0.1) is 0 Å². The summed E-state index contributed by atoms with van der Waals surface area (Å²) < 4.78 is 0. The Bertz CT molecular complexity index is 134. The SMILES string of the molecule is CCCN/C(C)=C(/C)C(C)C. The molecule has 0 aromatic heterocycles. The van der Waals surface area contributed by atoms with E-state index in [9.17, 15) is 0 Å². The first kappa shape index (κ1) is 10.5. The molecule has 0 radical (unpaired) electrons. The van der Waals surface area contributed by atoms with Crippen LogP contribution in [0.3, 0.4) is 0 Å². The van der Waals surface area contributed by atoms with Crippen LogP contribution in [0.4, 0.5) is 0 Å². The molecule has 0 aliphatic rings. The Hall–Kier alpha value is -0.460. The molecular formula is C10H21N. The molecule has 1 N–H and O–H groups in total. The number of hydrogen-bond acceptors (Lipinski definition) is 1. The Morgan fingerprint density at radius 2 is 1.82 bits per heavy atom. The predicted molar refractivity (Wildman–Crippen MR) is 51.5 cm³/mol. The summed E-state index contributed by atoms with van der Waals surface area (Å²) in [5, 5.41) is 3.39. The first-order valence-electron chi connectivity index (χ1n) is 4.50. The third kappa shape index (κ3) is 4.07. The lowest BCUT2D eigenvalue weighted by atomic mass is 10.0. The first-order valence-corrected chi connectivity index (χ1v) is 4.50. The molecule has 0 saturated heterocycles. The topological polar surface area (TPSA) is 12.0 Å². The third-order valence-electron chi connectivity index (χ3n) is 2.10. The lowest BCUT2D eigenvalue weighted by molar-refractivity contribution is 0.702. The fourth-order valence-corrected chi connectivity index (χ4v) is 0.885. The van der Waals surface area contributed by atoms with Crippen LogP contribution in [-0.2, 0) is 0 Å². The second-order valence-electron chi connectivity index (χ2n) is 3.39.